The summed E-state index contributed by atoms with van der Waals surface area (Å²) in [4.78, 5) is 28.7. The van der Waals surface area contributed by atoms with Gasteiger partial charge in [-0.05, 0) is 31.4 Å². The van der Waals surface area contributed by atoms with E-state index >= 15 is 0 Å². The van der Waals surface area contributed by atoms with Gasteiger partial charge in [-0.3, -0.25) is 9.59 Å². The molecule has 0 radical (unpaired) electrons. The third-order valence-corrected chi connectivity index (χ3v) is 4.93. The van der Waals surface area contributed by atoms with Crippen LogP contribution in [0.3, 0.4) is 0 Å². The number of nitrogens with one attached hydrogen (secondary N) is 1. The van der Waals surface area contributed by atoms with E-state index in [1.165, 1.54) is 24.8 Å². The van der Waals surface area contributed by atoms with Crippen molar-refractivity contribution in [2.24, 2.45) is 0 Å². The number of rotatable bonds is 6. The summed E-state index contributed by atoms with van der Waals surface area (Å²) in [5.74, 6) is -0.0783. The summed E-state index contributed by atoms with van der Waals surface area (Å²) < 4.78 is 0. The van der Waals surface area contributed by atoms with Crippen molar-refractivity contribution >= 4 is 34.8 Å². The lowest BCUT2D eigenvalue weighted by atomic mass is 10.1. The van der Waals surface area contributed by atoms with Crippen LogP contribution >= 0.6 is 23.1 Å². The molecule has 2 aromatic heterocycles. The number of carbonyl (C=O) groups is 2. The number of pyridine rings is 1. The predicted octanol–water partition coefficient (Wildman–Crippen LogP) is 2.93. The van der Waals surface area contributed by atoms with Gasteiger partial charge >= 0.3 is 0 Å². The van der Waals surface area contributed by atoms with Gasteiger partial charge in [0.25, 0.3) is 0 Å². The molecule has 118 valence electrons. The summed E-state index contributed by atoms with van der Waals surface area (Å²) in [5.41, 5.74) is 1.32. The van der Waals surface area contributed by atoms with Crippen molar-refractivity contribution in [3.63, 3.8) is 0 Å². The zero-order chi connectivity index (χ0) is 16.8. The molecule has 1 N–H and O–H groups in total. The summed E-state index contributed by atoms with van der Waals surface area (Å²) in [6.07, 6.45) is 0. The van der Waals surface area contributed by atoms with Gasteiger partial charge in [0.05, 0.1) is 17.9 Å². The molecule has 0 bridgehead atoms. The molecule has 0 aliphatic rings. The monoisotopic (exact) mass is 345 g/mol. The number of amides is 1. The van der Waals surface area contributed by atoms with Gasteiger partial charge in [-0.25, -0.2) is 4.98 Å². The summed E-state index contributed by atoms with van der Waals surface area (Å²) >= 11 is 2.78. The average Bonchev–Trinajstić information content (AvgIpc) is 3.04. The van der Waals surface area contributed by atoms with E-state index in [1.807, 2.05) is 23.6 Å². The van der Waals surface area contributed by atoms with Crippen LogP contribution in [0.2, 0.25) is 0 Å². The molecular weight excluding hydrogens is 330 g/mol. The quantitative estimate of drug-likeness (QED) is 0.643. The Morgan fingerprint density at radius 1 is 1.48 bits per heavy atom. The molecule has 7 heteroatoms. The van der Waals surface area contributed by atoms with Crippen LogP contribution in [0.15, 0.2) is 28.6 Å². The van der Waals surface area contributed by atoms with Crippen LogP contribution in [0.5, 0.6) is 0 Å². The largest absolute Gasteiger partial charge is 0.350 e. The van der Waals surface area contributed by atoms with Gasteiger partial charge in [-0.15, -0.1) is 11.3 Å². The molecule has 0 atom stereocenters. The molecule has 0 aromatic carbocycles. The molecule has 2 rings (SSSR count). The van der Waals surface area contributed by atoms with Crippen molar-refractivity contribution in [3.8, 4) is 6.07 Å². The number of nitrogens with zero attached hydrogens (tertiary/aromatic N) is 2. The number of hydrogen-bond donors (Lipinski definition) is 1. The first-order chi connectivity index (χ1) is 11.0. The average molecular weight is 345 g/mol. The fraction of sp³-hybridized carbons (Fsp3) is 0.250. The second-order valence-corrected chi connectivity index (χ2v) is 6.78. The number of ketones is 1. The zero-order valence-electron chi connectivity index (χ0n) is 12.8. The van der Waals surface area contributed by atoms with Crippen LogP contribution in [0.25, 0.3) is 0 Å². The van der Waals surface area contributed by atoms with Gasteiger partial charge in [0.2, 0.25) is 5.91 Å². The summed E-state index contributed by atoms with van der Waals surface area (Å²) in [5, 5.41) is 14.4. The maximum Gasteiger partial charge on any atom is 0.230 e. The fourth-order valence-corrected chi connectivity index (χ4v) is 3.39. The van der Waals surface area contributed by atoms with E-state index in [4.69, 9.17) is 0 Å². The van der Waals surface area contributed by atoms with Crippen molar-refractivity contribution in [2.75, 3.05) is 5.75 Å². The molecule has 0 aliphatic heterocycles. The van der Waals surface area contributed by atoms with Crippen LogP contribution in [0.4, 0.5) is 0 Å². The van der Waals surface area contributed by atoms with E-state index in [0.717, 1.165) is 4.88 Å². The Kier molecular flexibility index (Phi) is 5.90. The second-order valence-electron chi connectivity index (χ2n) is 4.79. The number of thioether (sulfide) groups is 1. The van der Waals surface area contributed by atoms with Crippen molar-refractivity contribution in [1.82, 2.24) is 10.3 Å². The number of carbonyl (C=O) groups excluding carboxylic acids is 2. The lowest BCUT2D eigenvalue weighted by Gasteiger charge is -2.08. The Hall–Kier alpha value is -2.17. The van der Waals surface area contributed by atoms with E-state index < -0.39 is 0 Å². The van der Waals surface area contributed by atoms with Crippen molar-refractivity contribution in [2.45, 2.75) is 25.4 Å². The van der Waals surface area contributed by atoms with E-state index in [0.29, 0.717) is 28.4 Å². The Morgan fingerprint density at radius 3 is 2.87 bits per heavy atom. The first-order valence-corrected chi connectivity index (χ1v) is 8.72. The number of thiophene rings is 1. The molecular formula is C16H15N3O2S2. The molecule has 1 amide bonds. The fourth-order valence-electron chi connectivity index (χ4n) is 1.91. The first kappa shape index (κ1) is 17.2. The highest BCUT2D eigenvalue weighted by atomic mass is 32.2. The van der Waals surface area contributed by atoms with Crippen LogP contribution in [-0.4, -0.2) is 22.4 Å². The summed E-state index contributed by atoms with van der Waals surface area (Å²) in [6, 6.07) is 7.46. The van der Waals surface area contributed by atoms with Crippen molar-refractivity contribution < 1.29 is 9.59 Å². The zero-order valence-corrected chi connectivity index (χ0v) is 14.4. The minimum atomic E-state index is -0.128. The molecule has 5 nitrogen and oxygen atoms in total. The Bertz CT molecular complexity index is 764. The molecule has 0 saturated heterocycles. The Labute approximate surface area is 142 Å². The molecule has 2 aromatic rings. The standard InChI is InChI=1S/C16H15N3O2S2/c1-10-14(11(2)20)6-12(7-17)16(19-10)23-9-15(21)18-8-13-4-3-5-22-13/h3-6H,8-9H2,1-2H3,(H,18,21). The summed E-state index contributed by atoms with van der Waals surface area (Å²) in [6.45, 7) is 3.66. The highest BCUT2D eigenvalue weighted by Crippen LogP contribution is 2.23. The minimum Gasteiger partial charge on any atom is -0.350 e. The third-order valence-electron chi connectivity index (χ3n) is 3.06. The van der Waals surface area contributed by atoms with E-state index in [-0.39, 0.29) is 17.4 Å². The lowest BCUT2D eigenvalue weighted by Crippen LogP contribution is -2.24. The third kappa shape index (κ3) is 4.65. The molecule has 0 fully saturated rings. The van der Waals surface area contributed by atoms with Crippen LogP contribution in [0, 0.1) is 18.3 Å². The molecule has 0 unspecified atom stereocenters. The molecule has 23 heavy (non-hydrogen) atoms. The molecule has 2 heterocycles. The van der Waals surface area contributed by atoms with Crippen molar-refractivity contribution in [3.05, 3.63) is 45.3 Å². The van der Waals surface area contributed by atoms with Gasteiger partial charge < -0.3 is 5.32 Å². The number of nitriles is 1. The van der Waals surface area contributed by atoms with Gasteiger partial charge in [-0.1, -0.05) is 17.8 Å². The van der Waals surface area contributed by atoms with Crippen LogP contribution < -0.4 is 5.32 Å². The maximum atomic E-state index is 11.9. The second kappa shape index (κ2) is 7.90. The van der Waals surface area contributed by atoms with E-state index in [9.17, 15) is 14.9 Å². The molecule has 0 aliphatic carbocycles. The number of hydrogen-bond acceptors (Lipinski definition) is 6. The van der Waals surface area contributed by atoms with Crippen LogP contribution in [0.1, 0.15) is 33.4 Å². The normalized spacial score (nSPS) is 10.1. The van der Waals surface area contributed by atoms with Gasteiger partial charge in [0.15, 0.2) is 5.78 Å². The van der Waals surface area contributed by atoms with Crippen LogP contribution in [-0.2, 0) is 11.3 Å². The smallest absolute Gasteiger partial charge is 0.230 e. The highest BCUT2D eigenvalue weighted by Gasteiger charge is 2.14. The Balaban J connectivity index is 1.99. The van der Waals surface area contributed by atoms with Gasteiger partial charge in [0.1, 0.15) is 11.1 Å². The predicted molar refractivity (Wildman–Crippen MR) is 90.6 cm³/mol. The van der Waals surface area contributed by atoms with E-state index in [1.54, 1.807) is 18.3 Å². The molecule has 0 saturated carbocycles. The van der Waals surface area contributed by atoms with Crippen molar-refractivity contribution in [1.29, 1.82) is 5.26 Å². The SMILES string of the molecule is CC(=O)c1cc(C#N)c(SCC(=O)NCc2cccs2)nc1C. The number of aromatic nitrogens is 1. The topological polar surface area (TPSA) is 82.8 Å². The first-order valence-electron chi connectivity index (χ1n) is 6.86. The highest BCUT2D eigenvalue weighted by molar-refractivity contribution is 8.00. The number of Topliss-reactive ketones (excluding diaryl/α,β-unsaturated/α-hetero) is 1. The van der Waals surface area contributed by atoms with E-state index in [2.05, 4.69) is 10.3 Å². The van der Waals surface area contributed by atoms with Gasteiger partial charge in [-0.2, -0.15) is 5.26 Å². The maximum absolute atomic E-state index is 11.9. The van der Waals surface area contributed by atoms with Gasteiger partial charge in [0, 0.05) is 16.1 Å². The Morgan fingerprint density at radius 2 is 2.26 bits per heavy atom. The minimum absolute atomic E-state index is 0.123. The number of aryl methyl sites for hydroxylation is 1. The lowest BCUT2D eigenvalue weighted by molar-refractivity contribution is -0.118. The summed E-state index contributed by atoms with van der Waals surface area (Å²) in [7, 11) is 0. The molecule has 0 spiro atoms.